The highest BCUT2D eigenvalue weighted by molar-refractivity contribution is 7.80. The molecule has 2 N–H and O–H groups in total. The molecule has 0 spiro atoms. The average molecular weight is 102 g/mol. The van der Waals surface area contributed by atoms with Crippen LogP contribution in [0.2, 0.25) is 0 Å². The van der Waals surface area contributed by atoms with E-state index < -0.39 is 0 Å². The van der Waals surface area contributed by atoms with Gasteiger partial charge >= 0.3 is 0 Å². The van der Waals surface area contributed by atoms with E-state index in [9.17, 15) is 0 Å². The molecule has 0 atom stereocenters. The summed E-state index contributed by atoms with van der Waals surface area (Å²) in [4.78, 5) is 0.926. The molecule has 6 heavy (non-hydrogen) atoms. The molecule has 34 valence electrons. The zero-order chi connectivity index (χ0) is 4.41. The molecule has 0 unspecified atom stereocenters. The van der Waals surface area contributed by atoms with E-state index in [2.05, 4.69) is 10.6 Å². The van der Waals surface area contributed by atoms with Gasteiger partial charge in [0.25, 0.3) is 0 Å². The van der Waals surface area contributed by atoms with Gasteiger partial charge in [-0.1, -0.05) is 12.2 Å². The van der Waals surface area contributed by atoms with Gasteiger partial charge in [0.05, 0.1) is 11.7 Å². The molecule has 0 saturated carbocycles. The predicted octanol–water partition coefficient (Wildman–Crippen LogP) is -0.536. The Bertz CT molecular complexity index is 63.2. The fourth-order valence-electron chi connectivity index (χ4n) is 0.400. The fraction of sp³-hybridized carbons (Fsp3) is 0.667. The minimum absolute atomic E-state index is 0.846. The third-order valence-electron chi connectivity index (χ3n) is 0.696. The van der Waals surface area contributed by atoms with Crippen molar-refractivity contribution in [3.63, 3.8) is 0 Å². The first-order chi connectivity index (χ1) is 2.89. The lowest BCUT2D eigenvalue weighted by atomic mass is 10.7. The maximum atomic E-state index is 4.75. The molecule has 1 aliphatic heterocycles. The summed E-state index contributed by atoms with van der Waals surface area (Å²) in [5, 5.41) is 5.96. The van der Waals surface area contributed by atoms with Crippen LogP contribution in [0.15, 0.2) is 0 Å². The van der Waals surface area contributed by atoms with Gasteiger partial charge in [-0.15, -0.1) is 0 Å². The van der Waals surface area contributed by atoms with Crippen molar-refractivity contribution in [3.8, 4) is 0 Å². The van der Waals surface area contributed by atoms with Gasteiger partial charge in [0.1, 0.15) is 0 Å². The highest BCUT2D eigenvalue weighted by Crippen LogP contribution is 1.73. The Hall–Kier alpha value is -0.150. The Balaban J connectivity index is 2.37. The normalized spacial score (nSPS) is 21.0. The summed E-state index contributed by atoms with van der Waals surface area (Å²) in [6.07, 6.45) is 0. The monoisotopic (exact) mass is 102 g/mol. The van der Waals surface area contributed by atoms with Crippen LogP contribution in [0.4, 0.5) is 0 Å². The highest BCUT2D eigenvalue weighted by Gasteiger charge is 1.99. The van der Waals surface area contributed by atoms with Crippen molar-refractivity contribution in [1.29, 1.82) is 0 Å². The Morgan fingerprint density at radius 3 is 2.67 bits per heavy atom. The molecule has 1 aliphatic rings. The van der Waals surface area contributed by atoms with Crippen molar-refractivity contribution in [2.75, 3.05) is 13.2 Å². The van der Waals surface area contributed by atoms with Crippen LogP contribution in [0, 0.1) is 0 Å². The van der Waals surface area contributed by atoms with E-state index in [0.717, 1.165) is 18.2 Å². The van der Waals surface area contributed by atoms with Crippen LogP contribution >= 0.6 is 12.2 Å². The summed E-state index contributed by atoms with van der Waals surface area (Å²) >= 11 is 4.75. The van der Waals surface area contributed by atoms with Crippen molar-refractivity contribution in [3.05, 3.63) is 0 Å². The molecule has 1 fully saturated rings. The van der Waals surface area contributed by atoms with Crippen molar-refractivity contribution < 1.29 is 0 Å². The highest BCUT2D eigenvalue weighted by atomic mass is 32.1. The average Bonchev–Trinajstić information content (AvgIpc) is 1.86. The van der Waals surface area contributed by atoms with E-state index in [1.807, 2.05) is 0 Å². The van der Waals surface area contributed by atoms with E-state index in [1.54, 1.807) is 0 Å². The predicted molar refractivity (Wildman–Crippen MR) is 28.6 cm³/mol. The SMILES string of the molecule is S=C1CNCN1. The smallest absolute Gasteiger partial charge is 0.0904 e. The molecular weight excluding hydrogens is 96.1 g/mol. The van der Waals surface area contributed by atoms with E-state index in [-0.39, 0.29) is 0 Å². The summed E-state index contributed by atoms with van der Waals surface area (Å²) in [7, 11) is 0. The molecule has 1 heterocycles. The van der Waals surface area contributed by atoms with E-state index >= 15 is 0 Å². The van der Waals surface area contributed by atoms with Gasteiger partial charge < -0.3 is 5.32 Å². The van der Waals surface area contributed by atoms with E-state index in [1.165, 1.54) is 0 Å². The maximum Gasteiger partial charge on any atom is 0.0904 e. The van der Waals surface area contributed by atoms with Gasteiger partial charge in [0.15, 0.2) is 0 Å². The van der Waals surface area contributed by atoms with Crippen molar-refractivity contribution in [2.24, 2.45) is 0 Å². The third-order valence-corrected chi connectivity index (χ3v) is 0.985. The molecule has 0 aromatic rings. The molecule has 0 amide bonds. The summed E-state index contributed by atoms with van der Waals surface area (Å²) in [6.45, 7) is 1.70. The van der Waals surface area contributed by atoms with Crippen LogP contribution < -0.4 is 10.6 Å². The lowest BCUT2D eigenvalue weighted by Gasteiger charge is -1.82. The van der Waals surface area contributed by atoms with Gasteiger partial charge in [0, 0.05) is 6.54 Å². The Morgan fingerprint density at radius 1 is 1.67 bits per heavy atom. The number of thiocarbonyl (C=S) groups is 1. The minimum atomic E-state index is 0.846. The first-order valence-electron chi connectivity index (χ1n) is 1.87. The first kappa shape index (κ1) is 4.02. The van der Waals surface area contributed by atoms with Crippen LogP contribution in [0.5, 0.6) is 0 Å². The second-order valence-corrected chi connectivity index (χ2v) is 1.70. The Kier molecular flexibility index (Phi) is 1.03. The molecule has 1 rings (SSSR count). The van der Waals surface area contributed by atoms with Crippen LogP contribution in [0.1, 0.15) is 0 Å². The number of rotatable bonds is 0. The van der Waals surface area contributed by atoms with Gasteiger partial charge in [-0.05, 0) is 0 Å². The molecular formula is C3H6N2S. The number of hydrogen-bond donors (Lipinski definition) is 2. The second-order valence-electron chi connectivity index (χ2n) is 1.20. The summed E-state index contributed by atoms with van der Waals surface area (Å²) in [6, 6.07) is 0. The van der Waals surface area contributed by atoms with Crippen molar-refractivity contribution >= 4 is 17.2 Å². The largest absolute Gasteiger partial charge is 0.366 e. The summed E-state index contributed by atoms with van der Waals surface area (Å²) < 4.78 is 0. The zero-order valence-electron chi connectivity index (χ0n) is 3.32. The molecule has 0 aromatic carbocycles. The molecule has 0 radical (unpaired) electrons. The molecule has 0 bridgehead atoms. The van der Waals surface area contributed by atoms with Gasteiger partial charge in [-0.25, -0.2) is 0 Å². The second kappa shape index (κ2) is 1.53. The van der Waals surface area contributed by atoms with Crippen LogP contribution in [-0.2, 0) is 0 Å². The summed E-state index contributed by atoms with van der Waals surface area (Å²) in [5.41, 5.74) is 0. The maximum absolute atomic E-state index is 4.75. The lowest BCUT2D eigenvalue weighted by Crippen LogP contribution is -2.13. The quantitative estimate of drug-likeness (QED) is 0.402. The number of hydrogen-bond acceptors (Lipinski definition) is 2. The molecule has 1 saturated heterocycles. The topological polar surface area (TPSA) is 24.1 Å². The van der Waals surface area contributed by atoms with E-state index in [0.29, 0.717) is 0 Å². The molecule has 0 aromatic heterocycles. The molecule has 0 aliphatic carbocycles. The van der Waals surface area contributed by atoms with Gasteiger partial charge in [-0.3, -0.25) is 5.32 Å². The molecule has 3 heteroatoms. The van der Waals surface area contributed by atoms with Crippen molar-refractivity contribution in [1.82, 2.24) is 10.6 Å². The zero-order valence-corrected chi connectivity index (χ0v) is 4.14. The van der Waals surface area contributed by atoms with Gasteiger partial charge in [0.2, 0.25) is 0 Å². The third kappa shape index (κ3) is 0.666. The van der Waals surface area contributed by atoms with Crippen molar-refractivity contribution in [2.45, 2.75) is 0 Å². The lowest BCUT2D eigenvalue weighted by molar-refractivity contribution is 0.818. The van der Waals surface area contributed by atoms with Crippen LogP contribution in [0.3, 0.4) is 0 Å². The van der Waals surface area contributed by atoms with Crippen LogP contribution in [-0.4, -0.2) is 18.2 Å². The fourth-order valence-corrected chi connectivity index (χ4v) is 0.574. The first-order valence-corrected chi connectivity index (χ1v) is 2.28. The Morgan fingerprint density at radius 2 is 2.50 bits per heavy atom. The number of nitrogens with one attached hydrogen (secondary N) is 2. The minimum Gasteiger partial charge on any atom is -0.366 e. The Labute approximate surface area is 41.9 Å². The van der Waals surface area contributed by atoms with E-state index in [4.69, 9.17) is 12.2 Å². The van der Waals surface area contributed by atoms with Crippen LogP contribution in [0.25, 0.3) is 0 Å². The molecule has 2 nitrogen and oxygen atoms in total. The van der Waals surface area contributed by atoms with Gasteiger partial charge in [-0.2, -0.15) is 0 Å². The summed E-state index contributed by atoms with van der Waals surface area (Å²) in [5.74, 6) is 0. The standard InChI is InChI=1S/C3H6N2S/c6-3-1-4-2-5-3/h4H,1-2H2,(H,5,6).